The number of rotatable bonds is 2. The molecule has 2 fully saturated rings. The van der Waals surface area contributed by atoms with E-state index in [9.17, 15) is 0 Å². The van der Waals surface area contributed by atoms with Gasteiger partial charge in [-0.15, -0.1) is 0 Å². The summed E-state index contributed by atoms with van der Waals surface area (Å²) in [6.07, 6.45) is 1.91. The van der Waals surface area contributed by atoms with Gasteiger partial charge in [0.15, 0.2) is 0 Å². The Bertz CT molecular complexity index is 159. The highest BCUT2D eigenvalue weighted by atomic mass is 32.2. The summed E-state index contributed by atoms with van der Waals surface area (Å²) in [5.74, 6) is 3.37. The Morgan fingerprint density at radius 3 is 2.58 bits per heavy atom. The molecule has 70 valence electrons. The smallest absolute Gasteiger partial charge is 0.0570 e. The minimum atomic E-state index is -0.0214. The Labute approximate surface area is 78.1 Å². The molecule has 12 heavy (non-hydrogen) atoms. The van der Waals surface area contributed by atoms with E-state index in [-0.39, 0.29) is 6.10 Å². The Morgan fingerprint density at radius 1 is 1.33 bits per heavy atom. The Hall–Kier alpha value is 0.270. The molecule has 0 radical (unpaired) electrons. The third-order valence-corrected chi connectivity index (χ3v) is 4.28. The van der Waals surface area contributed by atoms with Gasteiger partial charge in [0.25, 0.3) is 0 Å². The first-order valence-corrected chi connectivity index (χ1v) is 5.93. The van der Waals surface area contributed by atoms with Crippen LogP contribution in [0.3, 0.4) is 0 Å². The van der Waals surface area contributed by atoms with Crippen molar-refractivity contribution in [1.29, 1.82) is 0 Å². The Kier molecular flexibility index (Phi) is 2.63. The zero-order chi connectivity index (χ0) is 8.55. The molecule has 1 heterocycles. The zero-order valence-electron chi connectivity index (χ0n) is 7.49. The normalized spacial score (nSPS) is 47.5. The van der Waals surface area contributed by atoms with Crippen LogP contribution in [0.1, 0.15) is 19.8 Å². The molecule has 2 unspecified atom stereocenters. The van der Waals surface area contributed by atoms with Gasteiger partial charge in [-0.2, -0.15) is 11.8 Å². The first-order valence-electron chi connectivity index (χ1n) is 4.77. The average Bonchev–Trinajstić information content (AvgIpc) is 2.33. The predicted molar refractivity (Wildman–Crippen MR) is 52.4 cm³/mol. The molecule has 0 aromatic heterocycles. The summed E-state index contributed by atoms with van der Waals surface area (Å²) in [7, 11) is 0. The number of aliphatic hydroxyl groups excluding tert-OH is 1. The van der Waals surface area contributed by atoms with E-state index in [1.807, 2.05) is 11.8 Å². The van der Waals surface area contributed by atoms with Crippen molar-refractivity contribution in [1.82, 2.24) is 5.32 Å². The molecule has 2 atom stereocenters. The quantitative estimate of drug-likeness (QED) is 0.672. The molecule has 1 aliphatic heterocycles. The maximum absolute atomic E-state index is 9.11. The highest BCUT2D eigenvalue weighted by molar-refractivity contribution is 7.99. The SMILES string of the molecule is CC1CSCC1NC1CC(O)C1. The lowest BCUT2D eigenvalue weighted by Crippen LogP contribution is -2.50. The molecule has 2 N–H and O–H groups in total. The van der Waals surface area contributed by atoms with E-state index in [0.717, 1.165) is 18.8 Å². The second-order valence-electron chi connectivity index (χ2n) is 4.11. The van der Waals surface area contributed by atoms with Crippen LogP contribution in [0.4, 0.5) is 0 Å². The fourth-order valence-electron chi connectivity index (χ4n) is 1.90. The standard InChI is InChI=1S/C9H17NOS/c1-6-4-12-5-9(6)10-7-2-8(11)3-7/h6-11H,2-5H2,1H3. The van der Waals surface area contributed by atoms with Crippen LogP contribution < -0.4 is 5.32 Å². The molecule has 1 aliphatic carbocycles. The maximum Gasteiger partial charge on any atom is 0.0570 e. The lowest BCUT2D eigenvalue weighted by Gasteiger charge is -2.35. The van der Waals surface area contributed by atoms with Gasteiger partial charge in [0.1, 0.15) is 0 Å². The average molecular weight is 187 g/mol. The van der Waals surface area contributed by atoms with E-state index in [1.165, 1.54) is 11.5 Å². The largest absolute Gasteiger partial charge is 0.393 e. The van der Waals surface area contributed by atoms with Gasteiger partial charge in [-0.05, 0) is 24.5 Å². The highest BCUT2D eigenvalue weighted by Crippen LogP contribution is 2.27. The summed E-state index contributed by atoms with van der Waals surface area (Å²) < 4.78 is 0. The molecule has 0 aromatic carbocycles. The molecular weight excluding hydrogens is 170 g/mol. The Balaban J connectivity index is 1.72. The second kappa shape index (κ2) is 3.56. The number of hydrogen-bond donors (Lipinski definition) is 2. The van der Waals surface area contributed by atoms with Crippen molar-refractivity contribution in [2.75, 3.05) is 11.5 Å². The minimum Gasteiger partial charge on any atom is -0.393 e. The van der Waals surface area contributed by atoms with Crippen LogP contribution in [0.15, 0.2) is 0 Å². The monoisotopic (exact) mass is 187 g/mol. The van der Waals surface area contributed by atoms with E-state index in [2.05, 4.69) is 12.2 Å². The van der Waals surface area contributed by atoms with Gasteiger partial charge < -0.3 is 10.4 Å². The molecule has 2 aliphatic rings. The lowest BCUT2D eigenvalue weighted by atomic mass is 9.88. The highest BCUT2D eigenvalue weighted by Gasteiger charge is 2.32. The summed E-state index contributed by atoms with van der Waals surface area (Å²) in [6, 6.07) is 1.30. The number of nitrogens with one attached hydrogen (secondary N) is 1. The summed E-state index contributed by atoms with van der Waals surface area (Å²) in [6.45, 7) is 2.31. The van der Waals surface area contributed by atoms with Crippen LogP contribution >= 0.6 is 11.8 Å². The first-order chi connectivity index (χ1) is 5.75. The van der Waals surface area contributed by atoms with Crippen molar-refractivity contribution in [3.8, 4) is 0 Å². The van der Waals surface area contributed by atoms with Gasteiger partial charge in [0.2, 0.25) is 0 Å². The zero-order valence-corrected chi connectivity index (χ0v) is 8.31. The van der Waals surface area contributed by atoms with Crippen LogP contribution in [0.25, 0.3) is 0 Å². The third-order valence-electron chi connectivity index (χ3n) is 2.93. The van der Waals surface area contributed by atoms with Crippen LogP contribution in [0.2, 0.25) is 0 Å². The van der Waals surface area contributed by atoms with Crippen molar-refractivity contribution in [2.45, 2.75) is 38.0 Å². The van der Waals surface area contributed by atoms with E-state index < -0.39 is 0 Å². The number of thioether (sulfide) groups is 1. The van der Waals surface area contributed by atoms with E-state index >= 15 is 0 Å². The maximum atomic E-state index is 9.11. The van der Waals surface area contributed by atoms with E-state index in [1.54, 1.807) is 0 Å². The van der Waals surface area contributed by atoms with E-state index in [0.29, 0.717) is 12.1 Å². The predicted octanol–water partition coefficient (Wildman–Crippen LogP) is 0.851. The van der Waals surface area contributed by atoms with Crippen molar-refractivity contribution >= 4 is 11.8 Å². The van der Waals surface area contributed by atoms with Gasteiger partial charge in [0, 0.05) is 17.8 Å². The molecule has 0 amide bonds. The first kappa shape index (κ1) is 8.85. The number of hydrogen-bond acceptors (Lipinski definition) is 3. The topological polar surface area (TPSA) is 32.3 Å². The fourth-order valence-corrected chi connectivity index (χ4v) is 3.32. The van der Waals surface area contributed by atoms with Crippen molar-refractivity contribution in [3.05, 3.63) is 0 Å². The molecule has 0 aromatic rings. The summed E-state index contributed by atoms with van der Waals surface area (Å²) >= 11 is 2.04. The lowest BCUT2D eigenvalue weighted by molar-refractivity contribution is 0.0569. The van der Waals surface area contributed by atoms with Crippen molar-refractivity contribution < 1.29 is 5.11 Å². The van der Waals surface area contributed by atoms with Crippen LogP contribution in [-0.2, 0) is 0 Å². The molecule has 1 saturated carbocycles. The summed E-state index contributed by atoms with van der Waals surface area (Å²) in [5, 5.41) is 12.7. The molecule has 3 heteroatoms. The molecule has 1 saturated heterocycles. The van der Waals surface area contributed by atoms with Crippen LogP contribution in [0, 0.1) is 5.92 Å². The molecule has 0 bridgehead atoms. The van der Waals surface area contributed by atoms with Crippen molar-refractivity contribution in [3.63, 3.8) is 0 Å². The van der Waals surface area contributed by atoms with Gasteiger partial charge >= 0.3 is 0 Å². The third kappa shape index (κ3) is 1.78. The van der Waals surface area contributed by atoms with Crippen LogP contribution in [-0.4, -0.2) is 34.8 Å². The van der Waals surface area contributed by atoms with Gasteiger partial charge in [-0.3, -0.25) is 0 Å². The molecule has 2 nitrogen and oxygen atoms in total. The molecular formula is C9H17NOS. The Morgan fingerprint density at radius 2 is 2.08 bits per heavy atom. The van der Waals surface area contributed by atoms with Crippen molar-refractivity contribution in [2.24, 2.45) is 5.92 Å². The molecule has 0 spiro atoms. The van der Waals surface area contributed by atoms with E-state index in [4.69, 9.17) is 5.11 Å². The van der Waals surface area contributed by atoms with Gasteiger partial charge in [0.05, 0.1) is 6.10 Å². The summed E-state index contributed by atoms with van der Waals surface area (Å²) in [4.78, 5) is 0. The molecule has 2 rings (SSSR count). The van der Waals surface area contributed by atoms with Crippen LogP contribution in [0.5, 0.6) is 0 Å². The fraction of sp³-hybridized carbons (Fsp3) is 1.00. The number of aliphatic hydroxyl groups is 1. The van der Waals surface area contributed by atoms with Gasteiger partial charge in [-0.25, -0.2) is 0 Å². The minimum absolute atomic E-state index is 0.0214. The summed E-state index contributed by atoms with van der Waals surface area (Å²) in [5.41, 5.74) is 0. The second-order valence-corrected chi connectivity index (χ2v) is 5.18. The van der Waals surface area contributed by atoms with Gasteiger partial charge in [-0.1, -0.05) is 6.92 Å².